The molecule has 1 aliphatic rings. The molecule has 158 valence electrons. The molecule has 0 saturated heterocycles. The van der Waals surface area contributed by atoms with Crippen LogP contribution in [-0.2, 0) is 9.53 Å². The van der Waals surface area contributed by atoms with E-state index in [1.54, 1.807) is 24.3 Å². The highest BCUT2D eigenvalue weighted by molar-refractivity contribution is 6.22. The van der Waals surface area contributed by atoms with Crippen LogP contribution in [0.1, 0.15) is 52.6 Å². The zero-order valence-electron chi connectivity index (χ0n) is 17.1. The Morgan fingerprint density at radius 1 is 0.967 bits per heavy atom. The van der Waals surface area contributed by atoms with E-state index in [4.69, 9.17) is 19.9 Å². The summed E-state index contributed by atoms with van der Waals surface area (Å²) in [6, 6.07) is 8.76. The highest BCUT2D eigenvalue weighted by atomic mass is 16.5. The summed E-state index contributed by atoms with van der Waals surface area (Å²) in [6.45, 7) is 4.54. The number of imide groups is 1. The van der Waals surface area contributed by atoms with Crippen LogP contribution < -0.4 is 15.2 Å². The van der Waals surface area contributed by atoms with E-state index in [1.807, 2.05) is 13.8 Å². The number of hydrogen-bond acceptors (Lipinski definition) is 7. The van der Waals surface area contributed by atoms with Crippen LogP contribution in [0.2, 0.25) is 0 Å². The van der Waals surface area contributed by atoms with Crippen LogP contribution in [0.25, 0.3) is 0 Å². The van der Waals surface area contributed by atoms with Gasteiger partial charge in [-0.15, -0.1) is 0 Å². The number of nitrogen functional groups attached to an aromatic ring is 1. The first-order chi connectivity index (χ1) is 14.4. The van der Waals surface area contributed by atoms with Crippen molar-refractivity contribution in [2.75, 3.05) is 26.1 Å². The van der Waals surface area contributed by atoms with E-state index >= 15 is 0 Å². The molecule has 3 rings (SSSR count). The van der Waals surface area contributed by atoms with Crippen molar-refractivity contribution in [3.63, 3.8) is 0 Å². The summed E-state index contributed by atoms with van der Waals surface area (Å²) < 4.78 is 16.0. The number of nitrogens with zero attached hydrogens (tertiary/aromatic N) is 1. The van der Waals surface area contributed by atoms with E-state index in [0.717, 1.165) is 4.90 Å². The van der Waals surface area contributed by atoms with Crippen molar-refractivity contribution >= 4 is 23.5 Å². The van der Waals surface area contributed by atoms with Gasteiger partial charge >= 0.3 is 5.97 Å². The number of nitrogens with two attached hydrogens (primary N) is 1. The van der Waals surface area contributed by atoms with Crippen LogP contribution >= 0.6 is 0 Å². The average molecular weight is 412 g/mol. The summed E-state index contributed by atoms with van der Waals surface area (Å²) in [7, 11) is 1.26. The number of fused-ring (bicyclic) bond motifs is 1. The Morgan fingerprint density at radius 3 is 2.30 bits per heavy atom. The number of ether oxygens (including phenoxy) is 3. The molecule has 0 saturated carbocycles. The van der Waals surface area contributed by atoms with Gasteiger partial charge in [-0.1, -0.05) is 6.07 Å². The zero-order chi connectivity index (χ0) is 21.8. The lowest BCUT2D eigenvalue weighted by Gasteiger charge is -2.26. The Labute approximate surface area is 174 Å². The smallest absolute Gasteiger partial charge is 0.307 e. The van der Waals surface area contributed by atoms with Gasteiger partial charge in [0.2, 0.25) is 0 Å². The third-order valence-corrected chi connectivity index (χ3v) is 4.79. The van der Waals surface area contributed by atoms with Crippen molar-refractivity contribution in [2.45, 2.75) is 26.3 Å². The van der Waals surface area contributed by atoms with Crippen molar-refractivity contribution in [1.82, 2.24) is 4.90 Å². The van der Waals surface area contributed by atoms with Crippen LogP contribution in [0.3, 0.4) is 0 Å². The number of rotatable bonds is 8. The maximum absolute atomic E-state index is 13.1. The molecule has 2 aromatic rings. The van der Waals surface area contributed by atoms with Crippen LogP contribution in [0.4, 0.5) is 5.69 Å². The second kappa shape index (κ2) is 8.86. The largest absolute Gasteiger partial charge is 0.490 e. The molecule has 1 unspecified atom stereocenters. The first kappa shape index (κ1) is 21.2. The predicted octanol–water partition coefficient (Wildman–Crippen LogP) is 2.97. The fraction of sp³-hybridized carbons (Fsp3) is 0.318. The number of amides is 2. The number of hydrogen-bond donors (Lipinski definition) is 1. The fourth-order valence-electron chi connectivity index (χ4n) is 3.43. The molecule has 0 aliphatic carbocycles. The normalized spacial score (nSPS) is 13.8. The quantitative estimate of drug-likeness (QED) is 0.403. The molecule has 1 heterocycles. The summed E-state index contributed by atoms with van der Waals surface area (Å²) in [4.78, 5) is 39.3. The Bertz CT molecular complexity index is 988. The molecule has 2 N–H and O–H groups in total. The SMILES string of the molecule is CCOc1ccc(C(CC(=O)OC)N2C(=O)c3ccc(N)cc3C2=O)cc1OCC. The Kier molecular flexibility index (Phi) is 6.25. The molecule has 2 aromatic carbocycles. The number of carbonyl (C=O) groups is 3. The van der Waals surface area contributed by atoms with Gasteiger partial charge in [-0.05, 0) is 49.7 Å². The summed E-state index contributed by atoms with van der Waals surface area (Å²) in [5.41, 5.74) is 7.18. The number of esters is 1. The van der Waals surface area contributed by atoms with Crippen molar-refractivity contribution in [3.8, 4) is 11.5 Å². The second-order valence-electron chi connectivity index (χ2n) is 6.65. The van der Waals surface area contributed by atoms with E-state index in [1.165, 1.54) is 19.2 Å². The van der Waals surface area contributed by atoms with Crippen molar-refractivity contribution in [1.29, 1.82) is 0 Å². The first-order valence-corrected chi connectivity index (χ1v) is 9.65. The van der Waals surface area contributed by atoms with Gasteiger partial charge in [0.05, 0.1) is 43.9 Å². The summed E-state index contributed by atoms with van der Waals surface area (Å²) in [5.74, 6) is -0.552. The molecule has 8 nitrogen and oxygen atoms in total. The molecular formula is C22H24N2O6. The Morgan fingerprint density at radius 2 is 1.63 bits per heavy atom. The molecule has 0 spiro atoms. The van der Waals surface area contributed by atoms with Crippen LogP contribution in [0, 0.1) is 0 Å². The van der Waals surface area contributed by atoms with Crippen molar-refractivity contribution in [2.24, 2.45) is 0 Å². The zero-order valence-corrected chi connectivity index (χ0v) is 17.1. The molecule has 1 atom stereocenters. The minimum absolute atomic E-state index is 0.197. The van der Waals surface area contributed by atoms with E-state index in [2.05, 4.69) is 0 Å². The average Bonchev–Trinajstić information content (AvgIpc) is 2.97. The van der Waals surface area contributed by atoms with Gasteiger partial charge in [-0.25, -0.2) is 0 Å². The Balaban J connectivity index is 2.06. The molecule has 0 aromatic heterocycles. The van der Waals surface area contributed by atoms with Gasteiger partial charge in [-0.2, -0.15) is 0 Å². The van der Waals surface area contributed by atoms with Crippen LogP contribution in [-0.4, -0.2) is 43.0 Å². The summed E-state index contributed by atoms with van der Waals surface area (Å²) in [6.07, 6.45) is -0.197. The lowest BCUT2D eigenvalue weighted by molar-refractivity contribution is -0.141. The first-order valence-electron chi connectivity index (χ1n) is 9.65. The van der Waals surface area contributed by atoms with E-state index in [9.17, 15) is 14.4 Å². The minimum atomic E-state index is -0.874. The van der Waals surface area contributed by atoms with Gasteiger partial charge in [-0.3, -0.25) is 19.3 Å². The van der Waals surface area contributed by atoms with E-state index < -0.39 is 23.8 Å². The second-order valence-corrected chi connectivity index (χ2v) is 6.65. The summed E-state index contributed by atoms with van der Waals surface area (Å²) in [5, 5.41) is 0. The van der Waals surface area contributed by atoms with Gasteiger partial charge in [0, 0.05) is 5.69 Å². The standard InChI is InChI=1S/C22H24N2O6/c1-4-29-18-9-6-13(10-19(18)30-5-2)17(12-20(25)28-3)24-21(26)15-8-7-14(23)11-16(15)22(24)27/h6-11,17H,4-5,12,23H2,1-3H3. The highest BCUT2D eigenvalue weighted by Crippen LogP contribution is 2.38. The molecule has 0 fully saturated rings. The third-order valence-electron chi connectivity index (χ3n) is 4.79. The predicted molar refractivity (Wildman–Crippen MR) is 110 cm³/mol. The maximum Gasteiger partial charge on any atom is 0.307 e. The molecule has 0 bridgehead atoms. The molecule has 1 aliphatic heterocycles. The minimum Gasteiger partial charge on any atom is -0.490 e. The number of methoxy groups -OCH3 is 1. The van der Waals surface area contributed by atoms with Crippen molar-refractivity contribution < 1.29 is 28.6 Å². The van der Waals surface area contributed by atoms with Gasteiger partial charge in [0.1, 0.15) is 0 Å². The lowest BCUT2D eigenvalue weighted by atomic mass is 10.0. The van der Waals surface area contributed by atoms with Crippen LogP contribution in [0.5, 0.6) is 11.5 Å². The van der Waals surface area contributed by atoms with Gasteiger partial charge in [0.25, 0.3) is 11.8 Å². The monoisotopic (exact) mass is 412 g/mol. The number of benzene rings is 2. The fourth-order valence-corrected chi connectivity index (χ4v) is 3.43. The Hall–Kier alpha value is -3.55. The van der Waals surface area contributed by atoms with E-state index in [-0.39, 0.29) is 17.5 Å². The lowest BCUT2D eigenvalue weighted by Crippen LogP contribution is -2.35. The van der Waals surface area contributed by atoms with Gasteiger partial charge < -0.3 is 19.9 Å². The highest BCUT2D eigenvalue weighted by Gasteiger charge is 2.41. The summed E-state index contributed by atoms with van der Waals surface area (Å²) >= 11 is 0. The molecule has 0 radical (unpaired) electrons. The van der Waals surface area contributed by atoms with Crippen LogP contribution in [0.15, 0.2) is 36.4 Å². The number of carbonyl (C=O) groups excluding carboxylic acids is 3. The topological polar surface area (TPSA) is 108 Å². The molecule has 8 heteroatoms. The van der Waals surface area contributed by atoms with Crippen molar-refractivity contribution in [3.05, 3.63) is 53.1 Å². The van der Waals surface area contributed by atoms with E-state index in [0.29, 0.717) is 36.0 Å². The molecule has 30 heavy (non-hydrogen) atoms. The maximum atomic E-state index is 13.1. The molecular weight excluding hydrogens is 388 g/mol. The van der Waals surface area contributed by atoms with Gasteiger partial charge in [0.15, 0.2) is 11.5 Å². The number of anilines is 1. The molecule has 2 amide bonds. The third kappa shape index (κ3) is 3.94.